The summed E-state index contributed by atoms with van der Waals surface area (Å²) in [5, 5.41) is 4.11. The normalized spacial score (nSPS) is 29.6. The maximum atomic E-state index is 12.7. The molecule has 1 aromatic heterocycles. The number of carbonyl (C=O) groups is 1. The third kappa shape index (κ3) is 3.00. The predicted octanol–water partition coefficient (Wildman–Crippen LogP) is 1.86. The summed E-state index contributed by atoms with van der Waals surface area (Å²) in [5.74, 6) is 0.742. The van der Waals surface area contributed by atoms with Crippen LogP contribution in [0.2, 0.25) is 0 Å². The molecule has 1 aromatic rings. The van der Waals surface area contributed by atoms with Crippen LogP contribution in [-0.4, -0.2) is 61.1 Å². The molecule has 0 saturated carbocycles. The molecule has 21 heavy (non-hydrogen) atoms. The second-order valence-electron chi connectivity index (χ2n) is 6.04. The molecule has 3 atom stereocenters. The number of hydrogen-bond acceptors (Lipinski definition) is 4. The topological polar surface area (TPSA) is 32.8 Å². The standard InChI is InChI=1S/C16H24N2O2S/c1-3-17-9-13-14(10-17)18(6-4-15(13)20-2)16(19)8-12-5-7-21-11-12/h5,7,11,13-15H,3-4,6,8-10H2,1-2H3/t13-,14+,15+/m0/s1. The van der Waals surface area contributed by atoms with Crippen LogP contribution in [-0.2, 0) is 16.0 Å². The van der Waals surface area contributed by atoms with E-state index in [0.717, 1.165) is 38.2 Å². The lowest BCUT2D eigenvalue weighted by Gasteiger charge is -2.41. The first-order chi connectivity index (χ1) is 10.2. The molecule has 0 bridgehead atoms. The molecule has 2 aliphatic rings. The summed E-state index contributed by atoms with van der Waals surface area (Å²) < 4.78 is 5.67. The molecule has 5 heteroatoms. The minimum atomic E-state index is 0.274. The molecule has 0 spiro atoms. The van der Waals surface area contributed by atoms with Gasteiger partial charge < -0.3 is 14.5 Å². The van der Waals surface area contributed by atoms with Crippen molar-refractivity contribution < 1.29 is 9.53 Å². The van der Waals surface area contributed by atoms with Gasteiger partial charge >= 0.3 is 0 Å². The van der Waals surface area contributed by atoms with Gasteiger partial charge in [-0.15, -0.1) is 0 Å². The van der Waals surface area contributed by atoms with Crippen molar-refractivity contribution in [1.82, 2.24) is 9.80 Å². The maximum absolute atomic E-state index is 12.7. The number of nitrogens with zero attached hydrogens (tertiary/aromatic N) is 2. The minimum Gasteiger partial charge on any atom is -0.381 e. The lowest BCUT2D eigenvalue weighted by molar-refractivity contribution is -0.138. The summed E-state index contributed by atoms with van der Waals surface area (Å²) in [6.07, 6.45) is 1.80. The first kappa shape index (κ1) is 15.0. The number of fused-ring (bicyclic) bond motifs is 1. The Morgan fingerprint density at radius 3 is 3.00 bits per heavy atom. The van der Waals surface area contributed by atoms with Gasteiger partial charge in [-0.2, -0.15) is 11.3 Å². The Labute approximate surface area is 130 Å². The Bertz CT molecular complexity index is 477. The molecule has 3 heterocycles. The van der Waals surface area contributed by atoms with Gasteiger partial charge in [-0.1, -0.05) is 6.92 Å². The van der Waals surface area contributed by atoms with E-state index in [-0.39, 0.29) is 5.91 Å². The fraction of sp³-hybridized carbons (Fsp3) is 0.688. The second-order valence-corrected chi connectivity index (χ2v) is 6.82. The summed E-state index contributed by atoms with van der Waals surface area (Å²) in [4.78, 5) is 17.2. The van der Waals surface area contributed by atoms with E-state index in [1.165, 1.54) is 0 Å². The molecule has 0 aliphatic carbocycles. The maximum Gasteiger partial charge on any atom is 0.227 e. The number of thiophene rings is 1. The average Bonchev–Trinajstić information content (AvgIpc) is 3.14. The molecule has 2 fully saturated rings. The molecule has 0 radical (unpaired) electrons. The highest BCUT2D eigenvalue weighted by Crippen LogP contribution is 2.32. The van der Waals surface area contributed by atoms with E-state index in [1.54, 1.807) is 18.4 Å². The fourth-order valence-electron chi connectivity index (χ4n) is 3.77. The Balaban J connectivity index is 1.72. The van der Waals surface area contributed by atoms with E-state index in [1.807, 2.05) is 5.38 Å². The molecule has 0 N–H and O–H groups in total. The van der Waals surface area contributed by atoms with Gasteiger partial charge in [0.1, 0.15) is 0 Å². The van der Waals surface area contributed by atoms with Crippen LogP contribution in [0.25, 0.3) is 0 Å². The van der Waals surface area contributed by atoms with Crippen LogP contribution in [0.3, 0.4) is 0 Å². The van der Waals surface area contributed by atoms with Crippen LogP contribution in [0.5, 0.6) is 0 Å². The highest BCUT2D eigenvalue weighted by Gasteiger charge is 2.45. The zero-order valence-corrected chi connectivity index (χ0v) is 13.6. The fourth-order valence-corrected chi connectivity index (χ4v) is 4.43. The van der Waals surface area contributed by atoms with E-state index in [2.05, 4.69) is 28.2 Å². The lowest BCUT2D eigenvalue weighted by atomic mass is 9.88. The highest BCUT2D eigenvalue weighted by molar-refractivity contribution is 7.07. The molecule has 2 saturated heterocycles. The Hall–Kier alpha value is -0.910. The van der Waals surface area contributed by atoms with Gasteiger partial charge in [-0.25, -0.2) is 0 Å². The van der Waals surface area contributed by atoms with E-state index < -0.39 is 0 Å². The summed E-state index contributed by atoms with van der Waals surface area (Å²) >= 11 is 1.66. The molecule has 3 rings (SSSR count). The first-order valence-corrected chi connectivity index (χ1v) is 8.73. The van der Waals surface area contributed by atoms with Crippen molar-refractivity contribution in [2.24, 2.45) is 5.92 Å². The van der Waals surface area contributed by atoms with Crippen molar-refractivity contribution >= 4 is 17.2 Å². The van der Waals surface area contributed by atoms with E-state index >= 15 is 0 Å². The van der Waals surface area contributed by atoms with Crippen molar-refractivity contribution in [3.63, 3.8) is 0 Å². The number of hydrogen-bond donors (Lipinski definition) is 0. The van der Waals surface area contributed by atoms with Gasteiger partial charge in [0.2, 0.25) is 5.91 Å². The summed E-state index contributed by atoms with van der Waals surface area (Å²) in [5.41, 5.74) is 1.14. The van der Waals surface area contributed by atoms with Crippen LogP contribution in [0.1, 0.15) is 18.9 Å². The smallest absolute Gasteiger partial charge is 0.227 e. The second kappa shape index (κ2) is 6.46. The van der Waals surface area contributed by atoms with Gasteiger partial charge in [0, 0.05) is 32.7 Å². The molecule has 4 nitrogen and oxygen atoms in total. The Morgan fingerprint density at radius 2 is 2.33 bits per heavy atom. The Morgan fingerprint density at radius 1 is 1.48 bits per heavy atom. The quantitative estimate of drug-likeness (QED) is 0.851. The van der Waals surface area contributed by atoms with Gasteiger partial charge in [0.25, 0.3) is 0 Å². The van der Waals surface area contributed by atoms with Crippen molar-refractivity contribution in [3.05, 3.63) is 22.4 Å². The third-order valence-electron chi connectivity index (χ3n) is 4.95. The highest BCUT2D eigenvalue weighted by atomic mass is 32.1. The summed E-state index contributed by atoms with van der Waals surface area (Å²) in [6, 6.07) is 2.38. The number of rotatable bonds is 4. The molecule has 2 aliphatic heterocycles. The number of piperidine rings is 1. The molecule has 0 unspecified atom stereocenters. The minimum absolute atomic E-state index is 0.274. The molecule has 116 valence electrons. The van der Waals surface area contributed by atoms with Crippen LogP contribution in [0.15, 0.2) is 16.8 Å². The average molecular weight is 308 g/mol. The zero-order valence-electron chi connectivity index (χ0n) is 12.8. The van der Waals surface area contributed by atoms with Gasteiger partial charge in [-0.3, -0.25) is 4.79 Å². The lowest BCUT2D eigenvalue weighted by Crippen LogP contribution is -2.54. The van der Waals surface area contributed by atoms with Gasteiger partial charge in [0.05, 0.1) is 18.6 Å². The number of ether oxygens (including phenoxy) is 1. The number of carbonyl (C=O) groups excluding carboxylic acids is 1. The van der Waals surface area contributed by atoms with Crippen molar-refractivity contribution in [3.8, 4) is 0 Å². The SMILES string of the molecule is CCN1C[C@H]2[C@@H](C1)N(C(=O)Cc1ccsc1)CC[C@H]2OC. The molecular weight excluding hydrogens is 284 g/mol. The number of likely N-dealkylation sites (tertiary alicyclic amines) is 2. The number of methoxy groups -OCH3 is 1. The van der Waals surface area contributed by atoms with Crippen LogP contribution < -0.4 is 0 Å². The summed E-state index contributed by atoms with van der Waals surface area (Å²) in [7, 11) is 1.80. The predicted molar refractivity (Wildman–Crippen MR) is 84.5 cm³/mol. The van der Waals surface area contributed by atoms with Crippen LogP contribution in [0.4, 0.5) is 0 Å². The number of amides is 1. The molecular formula is C16H24N2O2S. The van der Waals surface area contributed by atoms with Crippen molar-refractivity contribution in [2.75, 3.05) is 33.3 Å². The third-order valence-corrected chi connectivity index (χ3v) is 5.68. The van der Waals surface area contributed by atoms with Crippen LogP contribution in [0, 0.1) is 5.92 Å². The van der Waals surface area contributed by atoms with Gasteiger partial charge in [-0.05, 0) is 35.4 Å². The van der Waals surface area contributed by atoms with Gasteiger partial charge in [0.15, 0.2) is 0 Å². The molecule has 1 amide bonds. The summed E-state index contributed by atoms with van der Waals surface area (Å²) in [6.45, 7) is 6.13. The van der Waals surface area contributed by atoms with Crippen molar-refractivity contribution in [1.29, 1.82) is 0 Å². The molecule has 0 aromatic carbocycles. The number of likely N-dealkylation sites (N-methyl/N-ethyl adjacent to an activating group) is 1. The zero-order chi connectivity index (χ0) is 14.8. The Kier molecular flexibility index (Phi) is 4.62. The van der Waals surface area contributed by atoms with E-state index in [9.17, 15) is 4.79 Å². The largest absolute Gasteiger partial charge is 0.381 e. The van der Waals surface area contributed by atoms with Crippen molar-refractivity contribution in [2.45, 2.75) is 31.9 Å². The monoisotopic (exact) mass is 308 g/mol. The first-order valence-electron chi connectivity index (χ1n) is 7.78. The van der Waals surface area contributed by atoms with E-state index in [4.69, 9.17) is 4.74 Å². The van der Waals surface area contributed by atoms with E-state index in [0.29, 0.717) is 24.5 Å². The van der Waals surface area contributed by atoms with Crippen LogP contribution >= 0.6 is 11.3 Å².